The maximum absolute atomic E-state index is 12.5. The SMILES string of the molecule is CCOCc1ccccc1CNC(=O)c1ccccc1NS(C)(=O)=O. The molecule has 0 radical (unpaired) electrons. The monoisotopic (exact) mass is 362 g/mol. The predicted molar refractivity (Wildman–Crippen MR) is 97.9 cm³/mol. The van der Waals surface area contributed by atoms with E-state index in [0.717, 1.165) is 17.4 Å². The van der Waals surface area contributed by atoms with Gasteiger partial charge in [-0.15, -0.1) is 0 Å². The normalized spacial score (nSPS) is 11.1. The molecule has 0 bridgehead atoms. The van der Waals surface area contributed by atoms with Gasteiger partial charge in [0.05, 0.1) is 24.1 Å². The summed E-state index contributed by atoms with van der Waals surface area (Å²) in [5.74, 6) is -0.349. The fraction of sp³-hybridized carbons (Fsp3) is 0.278. The highest BCUT2D eigenvalue weighted by atomic mass is 32.2. The van der Waals surface area contributed by atoms with E-state index in [1.54, 1.807) is 24.3 Å². The topological polar surface area (TPSA) is 84.5 Å². The summed E-state index contributed by atoms with van der Waals surface area (Å²) >= 11 is 0. The van der Waals surface area contributed by atoms with Crippen molar-refractivity contribution in [1.82, 2.24) is 5.32 Å². The molecule has 0 aliphatic rings. The van der Waals surface area contributed by atoms with Crippen molar-refractivity contribution in [3.8, 4) is 0 Å². The van der Waals surface area contributed by atoms with E-state index < -0.39 is 10.0 Å². The Kier molecular flexibility index (Phi) is 6.55. The van der Waals surface area contributed by atoms with Gasteiger partial charge in [-0.3, -0.25) is 9.52 Å². The number of sulfonamides is 1. The number of hydrogen-bond acceptors (Lipinski definition) is 4. The van der Waals surface area contributed by atoms with Crippen molar-refractivity contribution in [2.75, 3.05) is 17.6 Å². The standard InChI is InChI=1S/C18H22N2O4S/c1-3-24-13-15-9-5-4-8-14(15)12-19-18(21)16-10-6-7-11-17(16)20-25(2,22)23/h4-11,20H,3,12-13H2,1-2H3,(H,19,21). The third kappa shape index (κ3) is 5.88. The molecule has 2 aromatic carbocycles. The largest absolute Gasteiger partial charge is 0.377 e. The lowest BCUT2D eigenvalue weighted by atomic mass is 10.1. The van der Waals surface area contributed by atoms with Gasteiger partial charge in [-0.25, -0.2) is 8.42 Å². The summed E-state index contributed by atoms with van der Waals surface area (Å²) in [5.41, 5.74) is 2.49. The maximum Gasteiger partial charge on any atom is 0.253 e. The van der Waals surface area contributed by atoms with Crippen LogP contribution >= 0.6 is 0 Å². The molecule has 0 saturated carbocycles. The van der Waals surface area contributed by atoms with E-state index in [4.69, 9.17) is 4.74 Å². The van der Waals surface area contributed by atoms with E-state index in [1.807, 2.05) is 31.2 Å². The molecule has 6 nitrogen and oxygen atoms in total. The summed E-state index contributed by atoms with van der Waals surface area (Å²) in [6.07, 6.45) is 1.05. The van der Waals surface area contributed by atoms with Crippen LogP contribution in [0.25, 0.3) is 0 Å². The van der Waals surface area contributed by atoms with E-state index in [0.29, 0.717) is 19.8 Å². The van der Waals surface area contributed by atoms with E-state index in [-0.39, 0.29) is 17.2 Å². The summed E-state index contributed by atoms with van der Waals surface area (Å²) in [6, 6.07) is 14.2. The molecule has 2 N–H and O–H groups in total. The summed E-state index contributed by atoms with van der Waals surface area (Å²) < 4.78 is 30.7. The lowest BCUT2D eigenvalue weighted by molar-refractivity contribution is 0.0950. The van der Waals surface area contributed by atoms with Crippen molar-refractivity contribution in [2.24, 2.45) is 0 Å². The first-order valence-electron chi connectivity index (χ1n) is 7.90. The highest BCUT2D eigenvalue weighted by Crippen LogP contribution is 2.17. The number of hydrogen-bond donors (Lipinski definition) is 2. The van der Waals surface area contributed by atoms with Crippen LogP contribution in [0.2, 0.25) is 0 Å². The third-order valence-corrected chi connectivity index (χ3v) is 4.08. The lowest BCUT2D eigenvalue weighted by Gasteiger charge is -2.13. The Morgan fingerprint density at radius 2 is 1.68 bits per heavy atom. The first-order chi connectivity index (χ1) is 11.9. The zero-order valence-corrected chi connectivity index (χ0v) is 15.1. The zero-order valence-electron chi connectivity index (χ0n) is 14.3. The van der Waals surface area contributed by atoms with Gasteiger partial charge in [0.15, 0.2) is 0 Å². The molecule has 0 atom stereocenters. The van der Waals surface area contributed by atoms with Gasteiger partial charge in [0.2, 0.25) is 10.0 Å². The highest BCUT2D eigenvalue weighted by Gasteiger charge is 2.14. The first kappa shape index (κ1) is 19.0. The number of benzene rings is 2. The lowest BCUT2D eigenvalue weighted by Crippen LogP contribution is -2.25. The van der Waals surface area contributed by atoms with Gasteiger partial charge in [-0.05, 0) is 30.2 Å². The molecule has 0 unspecified atom stereocenters. The first-order valence-corrected chi connectivity index (χ1v) is 9.79. The number of rotatable bonds is 8. The molecule has 25 heavy (non-hydrogen) atoms. The van der Waals surface area contributed by atoms with Crippen molar-refractivity contribution < 1.29 is 17.9 Å². The van der Waals surface area contributed by atoms with Gasteiger partial charge >= 0.3 is 0 Å². The quantitative estimate of drug-likeness (QED) is 0.756. The van der Waals surface area contributed by atoms with Gasteiger partial charge in [-0.1, -0.05) is 36.4 Å². The molecule has 0 spiro atoms. The van der Waals surface area contributed by atoms with Gasteiger partial charge in [0.1, 0.15) is 0 Å². The summed E-state index contributed by atoms with van der Waals surface area (Å²) in [5, 5.41) is 2.83. The van der Waals surface area contributed by atoms with E-state index in [9.17, 15) is 13.2 Å². The zero-order chi connectivity index (χ0) is 18.3. The van der Waals surface area contributed by atoms with Crippen LogP contribution in [-0.2, 0) is 27.9 Å². The summed E-state index contributed by atoms with van der Waals surface area (Å²) in [7, 11) is -3.46. The highest BCUT2D eigenvalue weighted by molar-refractivity contribution is 7.92. The van der Waals surface area contributed by atoms with Crippen molar-refractivity contribution in [2.45, 2.75) is 20.1 Å². The smallest absolute Gasteiger partial charge is 0.253 e. The maximum atomic E-state index is 12.5. The average Bonchev–Trinajstić information content (AvgIpc) is 2.57. The number of ether oxygens (including phenoxy) is 1. The number of nitrogens with one attached hydrogen (secondary N) is 2. The minimum atomic E-state index is -3.46. The second kappa shape index (κ2) is 8.64. The molecule has 2 aromatic rings. The van der Waals surface area contributed by atoms with Crippen LogP contribution in [0.4, 0.5) is 5.69 Å². The Bertz CT molecular complexity index is 834. The minimum absolute atomic E-state index is 0.255. The van der Waals surface area contributed by atoms with Crippen LogP contribution in [0, 0.1) is 0 Å². The molecule has 134 valence electrons. The molecule has 0 aliphatic carbocycles. The van der Waals surface area contributed by atoms with Crippen molar-refractivity contribution >= 4 is 21.6 Å². The fourth-order valence-corrected chi connectivity index (χ4v) is 2.90. The molecule has 0 heterocycles. The number of carbonyl (C=O) groups is 1. The minimum Gasteiger partial charge on any atom is -0.377 e. The second-order valence-electron chi connectivity index (χ2n) is 5.51. The van der Waals surface area contributed by atoms with Crippen LogP contribution in [0.1, 0.15) is 28.4 Å². The Hall–Kier alpha value is -2.38. The molecule has 0 fully saturated rings. The van der Waals surface area contributed by atoms with Crippen molar-refractivity contribution in [1.29, 1.82) is 0 Å². The average molecular weight is 362 g/mol. The molecular weight excluding hydrogens is 340 g/mol. The number of amides is 1. The van der Waals surface area contributed by atoms with E-state index in [1.165, 1.54) is 0 Å². The number of anilines is 1. The Balaban J connectivity index is 2.11. The molecule has 0 saturated heterocycles. The molecular formula is C18H22N2O4S. The summed E-state index contributed by atoms with van der Waals surface area (Å²) in [4.78, 5) is 12.5. The van der Waals surface area contributed by atoms with Crippen molar-refractivity contribution in [3.05, 3.63) is 65.2 Å². The van der Waals surface area contributed by atoms with Crippen LogP contribution in [0.5, 0.6) is 0 Å². The number of para-hydroxylation sites is 1. The molecule has 0 aromatic heterocycles. The predicted octanol–water partition coefficient (Wildman–Crippen LogP) is 2.52. The molecule has 2 rings (SSSR count). The van der Waals surface area contributed by atoms with Gasteiger partial charge < -0.3 is 10.1 Å². The van der Waals surface area contributed by atoms with Gasteiger partial charge in [0, 0.05) is 13.2 Å². The Morgan fingerprint density at radius 3 is 2.36 bits per heavy atom. The van der Waals surface area contributed by atoms with Crippen LogP contribution in [0.15, 0.2) is 48.5 Å². The molecule has 1 amide bonds. The Labute approximate surface area is 148 Å². The molecule has 7 heteroatoms. The fourth-order valence-electron chi connectivity index (χ4n) is 2.32. The second-order valence-corrected chi connectivity index (χ2v) is 7.26. The van der Waals surface area contributed by atoms with Crippen LogP contribution in [0.3, 0.4) is 0 Å². The summed E-state index contributed by atoms with van der Waals surface area (Å²) in [6.45, 7) is 3.35. The van der Waals surface area contributed by atoms with Crippen LogP contribution in [-0.4, -0.2) is 27.2 Å². The molecule has 0 aliphatic heterocycles. The Morgan fingerprint density at radius 1 is 1.04 bits per heavy atom. The van der Waals surface area contributed by atoms with Gasteiger partial charge in [-0.2, -0.15) is 0 Å². The third-order valence-electron chi connectivity index (χ3n) is 3.49. The van der Waals surface area contributed by atoms with Crippen LogP contribution < -0.4 is 10.0 Å². The van der Waals surface area contributed by atoms with E-state index >= 15 is 0 Å². The number of carbonyl (C=O) groups excluding carboxylic acids is 1. The van der Waals surface area contributed by atoms with Crippen molar-refractivity contribution in [3.63, 3.8) is 0 Å². The van der Waals surface area contributed by atoms with Gasteiger partial charge in [0.25, 0.3) is 5.91 Å². The van der Waals surface area contributed by atoms with E-state index in [2.05, 4.69) is 10.0 Å².